The van der Waals surface area contributed by atoms with Crippen LogP contribution >= 0.6 is 0 Å². The van der Waals surface area contributed by atoms with E-state index < -0.39 is 11.5 Å². The van der Waals surface area contributed by atoms with Crippen LogP contribution in [0.15, 0.2) is 0 Å². The van der Waals surface area contributed by atoms with Crippen LogP contribution in [0.4, 0.5) is 0 Å². The van der Waals surface area contributed by atoms with Crippen molar-refractivity contribution < 1.29 is 19.4 Å². The molecule has 2 N–H and O–H groups in total. The standard InChI is InChI=1S/C11H21NO4/c1-4-7-16-8-9(13)12-11(2,3)6-5-10(14)15/h4-8H2,1-3H3,(H,12,13)(H,14,15). The van der Waals surface area contributed by atoms with E-state index in [4.69, 9.17) is 9.84 Å². The molecular weight excluding hydrogens is 210 g/mol. The topological polar surface area (TPSA) is 75.6 Å². The molecule has 0 aliphatic heterocycles. The fourth-order valence-corrected chi connectivity index (χ4v) is 1.20. The molecular formula is C11H21NO4. The van der Waals surface area contributed by atoms with Crippen LogP contribution in [0.3, 0.4) is 0 Å². The fourth-order valence-electron chi connectivity index (χ4n) is 1.20. The summed E-state index contributed by atoms with van der Waals surface area (Å²) in [5.41, 5.74) is -0.509. The lowest BCUT2D eigenvalue weighted by atomic mass is 9.98. The van der Waals surface area contributed by atoms with Gasteiger partial charge in [-0.25, -0.2) is 0 Å². The zero-order chi connectivity index (χ0) is 12.6. The molecule has 0 aromatic heterocycles. The number of hydrogen-bond donors (Lipinski definition) is 2. The summed E-state index contributed by atoms with van der Waals surface area (Å²) in [4.78, 5) is 21.8. The number of nitrogens with one attached hydrogen (secondary N) is 1. The molecule has 94 valence electrons. The molecule has 0 radical (unpaired) electrons. The highest BCUT2D eigenvalue weighted by molar-refractivity contribution is 5.78. The summed E-state index contributed by atoms with van der Waals surface area (Å²) >= 11 is 0. The Hall–Kier alpha value is -1.10. The number of carbonyl (C=O) groups excluding carboxylic acids is 1. The minimum Gasteiger partial charge on any atom is -0.481 e. The molecule has 0 spiro atoms. The highest BCUT2D eigenvalue weighted by Gasteiger charge is 2.21. The lowest BCUT2D eigenvalue weighted by molar-refractivity contribution is -0.138. The summed E-state index contributed by atoms with van der Waals surface area (Å²) < 4.78 is 5.09. The first-order chi connectivity index (χ1) is 7.37. The maximum Gasteiger partial charge on any atom is 0.303 e. The maximum atomic E-state index is 11.4. The van der Waals surface area contributed by atoms with E-state index >= 15 is 0 Å². The van der Waals surface area contributed by atoms with E-state index in [1.165, 1.54) is 0 Å². The van der Waals surface area contributed by atoms with Gasteiger partial charge in [0.1, 0.15) is 6.61 Å². The second-order valence-corrected chi connectivity index (χ2v) is 4.38. The van der Waals surface area contributed by atoms with Crippen molar-refractivity contribution >= 4 is 11.9 Å². The Bertz CT molecular complexity index is 238. The Balaban J connectivity index is 3.85. The SMILES string of the molecule is CCCOCC(=O)NC(C)(C)CCC(=O)O. The van der Waals surface area contributed by atoms with E-state index in [2.05, 4.69) is 5.32 Å². The van der Waals surface area contributed by atoms with Gasteiger partial charge in [-0.1, -0.05) is 6.92 Å². The molecule has 0 atom stereocenters. The molecule has 0 saturated heterocycles. The smallest absolute Gasteiger partial charge is 0.303 e. The van der Waals surface area contributed by atoms with Crippen LogP contribution in [0.5, 0.6) is 0 Å². The van der Waals surface area contributed by atoms with E-state index in [-0.39, 0.29) is 18.9 Å². The molecule has 0 saturated carbocycles. The van der Waals surface area contributed by atoms with Gasteiger partial charge >= 0.3 is 5.97 Å². The van der Waals surface area contributed by atoms with Crippen molar-refractivity contribution in [2.75, 3.05) is 13.2 Å². The van der Waals surface area contributed by atoms with Gasteiger partial charge in [0.05, 0.1) is 0 Å². The van der Waals surface area contributed by atoms with Crippen LogP contribution in [0.2, 0.25) is 0 Å². The third-order valence-corrected chi connectivity index (χ3v) is 2.02. The highest BCUT2D eigenvalue weighted by Crippen LogP contribution is 2.10. The van der Waals surface area contributed by atoms with Gasteiger partial charge in [0.2, 0.25) is 5.91 Å². The molecule has 5 nitrogen and oxygen atoms in total. The summed E-state index contributed by atoms with van der Waals surface area (Å²) in [5.74, 6) is -1.06. The molecule has 0 heterocycles. The minimum absolute atomic E-state index is 0.0321. The first kappa shape index (κ1) is 14.9. The van der Waals surface area contributed by atoms with Crippen molar-refractivity contribution in [2.24, 2.45) is 0 Å². The van der Waals surface area contributed by atoms with Gasteiger partial charge in [-0.3, -0.25) is 9.59 Å². The van der Waals surface area contributed by atoms with E-state index in [0.29, 0.717) is 13.0 Å². The van der Waals surface area contributed by atoms with Gasteiger partial charge in [-0.2, -0.15) is 0 Å². The van der Waals surface area contributed by atoms with E-state index in [0.717, 1.165) is 6.42 Å². The zero-order valence-electron chi connectivity index (χ0n) is 10.2. The number of carboxylic acids is 1. The van der Waals surface area contributed by atoms with Crippen molar-refractivity contribution in [1.82, 2.24) is 5.32 Å². The van der Waals surface area contributed by atoms with Gasteiger partial charge in [0.25, 0.3) is 0 Å². The first-order valence-corrected chi connectivity index (χ1v) is 5.48. The molecule has 16 heavy (non-hydrogen) atoms. The molecule has 5 heteroatoms. The average Bonchev–Trinajstić information content (AvgIpc) is 2.15. The molecule has 0 aliphatic carbocycles. The van der Waals surface area contributed by atoms with Crippen molar-refractivity contribution in [1.29, 1.82) is 0 Å². The molecule has 0 rings (SSSR count). The Labute approximate surface area is 96.2 Å². The quantitative estimate of drug-likeness (QED) is 0.615. The third-order valence-electron chi connectivity index (χ3n) is 2.02. The van der Waals surface area contributed by atoms with Crippen LogP contribution in [0, 0.1) is 0 Å². The summed E-state index contributed by atoms with van der Waals surface area (Å²) in [7, 11) is 0. The van der Waals surface area contributed by atoms with E-state index in [1.54, 1.807) is 13.8 Å². The molecule has 0 bridgehead atoms. The Morgan fingerprint density at radius 2 is 2.00 bits per heavy atom. The average molecular weight is 231 g/mol. The molecule has 0 aromatic carbocycles. The number of carbonyl (C=O) groups is 2. The molecule has 1 amide bonds. The van der Waals surface area contributed by atoms with Crippen molar-refractivity contribution in [3.05, 3.63) is 0 Å². The van der Waals surface area contributed by atoms with Crippen LogP contribution in [0.25, 0.3) is 0 Å². The zero-order valence-corrected chi connectivity index (χ0v) is 10.2. The fraction of sp³-hybridized carbons (Fsp3) is 0.818. The Morgan fingerprint density at radius 3 is 2.50 bits per heavy atom. The summed E-state index contributed by atoms with van der Waals surface area (Å²) in [6.45, 7) is 6.16. The van der Waals surface area contributed by atoms with Gasteiger partial charge in [-0.05, 0) is 26.7 Å². The van der Waals surface area contributed by atoms with Gasteiger partial charge in [0.15, 0.2) is 0 Å². The molecule has 0 aliphatic rings. The van der Waals surface area contributed by atoms with Crippen LogP contribution in [-0.2, 0) is 14.3 Å². The molecule has 0 aromatic rings. The Kier molecular flexibility index (Phi) is 6.72. The normalized spacial score (nSPS) is 11.2. The summed E-state index contributed by atoms with van der Waals surface area (Å²) in [5, 5.41) is 11.3. The third kappa shape index (κ3) is 8.23. The summed E-state index contributed by atoms with van der Waals surface area (Å²) in [6.07, 6.45) is 1.32. The van der Waals surface area contributed by atoms with E-state index in [9.17, 15) is 9.59 Å². The van der Waals surface area contributed by atoms with Crippen molar-refractivity contribution in [3.63, 3.8) is 0 Å². The minimum atomic E-state index is -0.857. The second-order valence-electron chi connectivity index (χ2n) is 4.38. The number of rotatable bonds is 8. The van der Waals surface area contributed by atoms with Crippen LogP contribution in [-0.4, -0.2) is 35.7 Å². The number of hydrogen-bond acceptors (Lipinski definition) is 3. The number of carboxylic acid groups (broad SMARTS) is 1. The number of ether oxygens (including phenoxy) is 1. The van der Waals surface area contributed by atoms with Crippen LogP contribution < -0.4 is 5.32 Å². The van der Waals surface area contributed by atoms with Gasteiger partial charge < -0.3 is 15.2 Å². The predicted molar refractivity (Wildman–Crippen MR) is 60.2 cm³/mol. The number of aliphatic carboxylic acids is 1. The van der Waals surface area contributed by atoms with E-state index in [1.807, 2.05) is 6.92 Å². The maximum absolute atomic E-state index is 11.4. The largest absolute Gasteiger partial charge is 0.481 e. The molecule has 0 fully saturated rings. The molecule has 0 unspecified atom stereocenters. The number of amides is 1. The lowest BCUT2D eigenvalue weighted by Gasteiger charge is -2.25. The highest BCUT2D eigenvalue weighted by atomic mass is 16.5. The predicted octanol–water partition coefficient (Wildman–Crippen LogP) is 1.17. The second kappa shape index (κ2) is 7.22. The monoisotopic (exact) mass is 231 g/mol. The van der Waals surface area contributed by atoms with Crippen LogP contribution in [0.1, 0.15) is 40.0 Å². The first-order valence-electron chi connectivity index (χ1n) is 5.48. The van der Waals surface area contributed by atoms with Gasteiger partial charge in [-0.15, -0.1) is 0 Å². The van der Waals surface area contributed by atoms with Gasteiger partial charge in [0, 0.05) is 18.6 Å². The Morgan fingerprint density at radius 1 is 1.38 bits per heavy atom. The summed E-state index contributed by atoms with van der Waals surface area (Å²) in [6, 6.07) is 0. The van der Waals surface area contributed by atoms with Crippen molar-refractivity contribution in [3.8, 4) is 0 Å². The lowest BCUT2D eigenvalue weighted by Crippen LogP contribution is -2.45. The van der Waals surface area contributed by atoms with Crippen molar-refractivity contribution in [2.45, 2.75) is 45.6 Å².